The van der Waals surface area contributed by atoms with Gasteiger partial charge in [0.05, 0.1) is 12.9 Å². The molecule has 100 valence electrons. The van der Waals surface area contributed by atoms with Crippen molar-refractivity contribution < 1.29 is 13.7 Å². The lowest BCUT2D eigenvalue weighted by molar-refractivity contribution is -0.0548. The van der Waals surface area contributed by atoms with Crippen LogP contribution in [0.3, 0.4) is 0 Å². The number of furan rings is 1. The lowest BCUT2D eigenvalue weighted by Gasteiger charge is -2.33. The van der Waals surface area contributed by atoms with Crippen LogP contribution in [0.5, 0.6) is 0 Å². The van der Waals surface area contributed by atoms with Crippen LogP contribution >= 0.6 is 0 Å². The van der Waals surface area contributed by atoms with E-state index in [1.54, 1.807) is 18.4 Å². The number of nitrogens with zero attached hydrogens (tertiary/aromatic N) is 3. The summed E-state index contributed by atoms with van der Waals surface area (Å²) in [5.74, 6) is 1.61. The number of rotatable bonds is 2. The molecule has 2 aliphatic rings. The molecule has 0 aliphatic carbocycles. The Bertz CT molecular complexity index is 551. The lowest BCUT2D eigenvalue weighted by atomic mass is 10.2. The molecule has 4 heterocycles. The molecular formula is C13H15N3O3. The summed E-state index contributed by atoms with van der Waals surface area (Å²) in [6.45, 7) is 2.75. The molecule has 2 aliphatic heterocycles. The number of fused-ring (bicyclic) bond motifs is 1. The van der Waals surface area contributed by atoms with Gasteiger partial charge in [0.2, 0.25) is 5.82 Å². The molecular weight excluding hydrogens is 246 g/mol. The number of aromatic nitrogens is 2. The molecule has 0 bridgehead atoms. The normalized spacial score (nSPS) is 27.6. The molecule has 0 N–H and O–H groups in total. The maximum atomic E-state index is 5.85. The zero-order valence-electron chi connectivity index (χ0n) is 10.5. The van der Waals surface area contributed by atoms with E-state index in [0.717, 1.165) is 19.7 Å². The minimum Gasteiger partial charge on any atom is -0.459 e. The van der Waals surface area contributed by atoms with Crippen LogP contribution in [-0.4, -0.2) is 40.8 Å². The fourth-order valence-corrected chi connectivity index (χ4v) is 2.84. The molecule has 2 atom stereocenters. The highest BCUT2D eigenvalue weighted by Gasteiger charge is 2.35. The van der Waals surface area contributed by atoms with Crippen molar-refractivity contribution in [2.75, 3.05) is 19.7 Å². The molecule has 2 aromatic rings. The zero-order chi connectivity index (χ0) is 12.7. The number of hydrogen-bond donors (Lipinski definition) is 0. The first-order valence-electron chi connectivity index (χ1n) is 6.63. The summed E-state index contributed by atoms with van der Waals surface area (Å²) >= 11 is 0. The van der Waals surface area contributed by atoms with Crippen LogP contribution in [0, 0.1) is 0 Å². The highest BCUT2D eigenvalue weighted by atomic mass is 16.5. The van der Waals surface area contributed by atoms with E-state index in [-0.39, 0.29) is 6.10 Å². The maximum Gasteiger partial charge on any atom is 0.293 e. The number of hydrogen-bond acceptors (Lipinski definition) is 6. The van der Waals surface area contributed by atoms with Crippen molar-refractivity contribution in [3.8, 4) is 11.7 Å². The first-order valence-corrected chi connectivity index (χ1v) is 6.63. The van der Waals surface area contributed by atoms with Gasteiger partial charge in [0, 0.05) is 12.6 Å². The van der Waals surface area contributed by atoms with Gasteiger partial charge in [-0.05, 0) is 31.5 Å². The van der Waals surface area contributed by atoms with E-state index < -0.39 is 0 Å². The Hall–Kier alpha value is -1.66. The fourth-order valence-electron chi connectivity index (χ4n) is 2.84. The minimum atomic E-state index is -0.0955. The summed E-state index contributed by atoms with van der Waals surface area (Å²) in [7, 11) is 0. The molecule has 0 amide bonds. The van der Waals surface area contributed by atoms with Gasteiger partial charge in [0.1, 0.15) is 6.10 Å². The van der Waals surface area contributed by atoms with Crippen molar-refractivity contribution >= 4 is 0 Å². The van der Waals surface area contributed by atoms with Crippen molar-refractivity contribution in [2.45, 2.75) is 25.0 Å². The Labute approximate surface area is 110 Å². The van der Waals surface area contributed by atoms with Crippen LogP contribution < -0.4 is 0 Å². The molecule has 0 spiro atoms. The second kappa shape index (κ2) is 4.47. The molecule has 0 saturated carbocycles. The highest BCUT2D eigenvalue weighted by Crippen LogP contribution is 2.29. The summed E-state index contributed by atoms with van der Waals surface area (Å²) in [5.41, 5.74) is 0. The average Bonchev–Trinajstić information content (AvgIpc) is 3.18. The Morgan fingerprint density at radius 1 is 1.37 bits per heavy atom. The molecule has 19 heavy (non-hydrogen) atoms. The number of ether oxygens (including phenoxy) is 1. The van der Waals surface area contributed by atoms with Crippen molar-refractivity contribution in [1.82, 2.24) is 15.0 Å². The van der Waals surface area contributed by atoms with Crippen molar-refractivity contribution in [2.24, 2.45) is 0 Å². The van der Waals surface area contributed by atoms with Crippen molar-refractivity contribution in [1.29, 1.82) is 0 Å². The van der Waals surface area contributed by atoms with Gasteiger partial charge in [-0.2, -0.15) is 4.98 Å². The molecule has 4 rings (SSSR count). The Morgan fingerprint density at radius 2 is 2.37 bits per heavy atom. The first-order chi connectivity index (χ1) is 9.40. The second-order valence-electron chi connectivity index (χ2n) is 5.05. The van der Waals surface area contributed by atoms with Gasteiger partial charge in [0.25, 0.3) is 5.89 Å². The summed E-state index contributed by atoms with van der Waals surface area (Å²) in [4.78, 5) is 6.82. The van der Waals surface area contributed by atoms with Gasteiger partial charge in [-0.15, -0.1) is 0 Å². The van der Waals surface area contributed by atoms with E-state index >= 15 is 0 Å². The fraction of sp³-hybridized carbons (Fsp3) is 0.538. The molecule has 0 radical (unpaired) electrons. The third kappa shape index (κ3) is 1.97. The summed E-state index contributed by atoms with van der Waals surface area (Å²) in [6.07, 6.45) is 3.98. The van der Waals surface area contributed by atoms with E-state index in [2.05, 4.69) is 15.0 Å². The first kappa shape index (κ1) is 11.2. The second-order valence-corrected chi connectivity index (χ2v) is 5.05. The van der Waals surface area contributed by atoms with Crippen LogP contribution in [0.1, 0.15) is 24.8 Å². The quantitative estimate of drug-likeness (QED) is 0.822. The SMILES string of the molecule is c1coc(-c2nc([C@@H]3CN4CCC[C@@H]4CO3)no2)c1. The third-order valence-corrected chi connectivity index (χ3v) is 3.85. The predicted molar refractivity (Wildman–Crippen MR) is 65.3 cm³/mol. The number of morpholine rings is 1. The van der Waals surface area contributed by atoms with Crippen LogP contribution in [0.4, 0.5) is 0 Å². The Balaban J connectivity index is 1.53. The van der Waals surface area contributed by atoms with Gasteiger partial charge < -0.3 is 13.7 Å². The Kier molecular flexibility index (Phi) is 2.63. The topological polar surface area (TPSA) is 64.5 Å². The van der Waals surface area contributed by atoms with E-state index in [0.29, 0.717) is 23.5 Å². The van der Waals surface area contributed by atoms with Crippen molar-refractivity contribution in [3.63, 3.8) is 0 Å². The summed E-state index contributed by atoms with van der Waals surface area (Å²) in [5, 5.41) is 4.01. The van der Waals surface area contributed by atoms with Crippen LogP contribution in [0.25, 0.3) is 11.7 Å². The van der Waals surface area contributed by atoms with Crippen molar-refractivity contribution in [3.05, 3.63) is 24.2 Å². The zero-order valence-corrected chi connectivity index (χ0v) is 10.5. The van der Waals surface area contributed by atoms with Gasteiger partial charge in [-0.3, -0.25) is 4.90 Å². The molecule has 2 fully saturated rings. The van der Waals surface area contributed by atoms with E-state index in [9.17, 15) is 0 Å². The van der Waals surface area contributed by atoms with E-state index in [1.807, 2.05) is 0 Å². The standard InChI is InChI=1S/C13H15N3O3/c1-3-9-8-18-11(7-16(9)5-1)12-14-13(19-15-12)10-4-2-6-17-10/h2,4,6,9,11H,1,3,5,7-8H2/t9-,11+/m1/s1. The lowest BCUT2D eigenvalue weighted by Crippen LogP contribution is -2.42. The van der Waals surface area contributed by atoms with Crippen LogP contribution in [0.2, 0.25) is 0 Å². The van der Waals surface area contributed by atoms with Gasteiger partial charge in [0.15, 0.2) is 5.76 Å². The van der Waals surface area contributed by atoms with Crippen LogP contribution in [0.15, 0.2) is 27.3 Å². The summed E-state index contributed by atoms with van der Waals surface area (Å²) < 4.78 is 16.3. The molecule has 6 nitrogen and oxygen atoms in total. The van der Waals surface area contributed by atoms with Gasteiger partial charge in [-0.25, -0.2) is 0 Å². The van der Waals surface area contributed by atoms with E-state index in [4.69, 9.17) is 13.7 Å². The highest BCUT2D eigenvalue weighted by molar-refractivity contribution is 5.42. The van der Waals surface area contributed by atoms with E-state index in [1.165, 1.54) is 12.8 Å². The monoisotopic (exact) mass is 261 g/mol. The maximum absolute atomic E-state index is 5.85. The van der Waals surface area contributed by atoms with Gasteiger partial charge in [-0.1, -0.05) is 5.16 Å². The average molecular weight is 261 g/mol. The predicted octanol–water partition coefficient (Wildman–Crippen LogP) is 1.87. The molecule has 2 saturated heterocycles. The van der Waals surface area contributed by atoms with Gasteiger partial charge >= 0.3 is 0 Å². The molecule has 0 aromatic carbocycles. The minimum absolute atomic E-state index is 0.0955. The molecule has 0 unspecified atom stereocenters. The molecule has 2 aromatic heterocycles. The Morgan fingerprint density at radius 3 is 3.26 bits per heavy atom. The summed E-state index contributed by atoms with van der Waals surface area (Å²) in [6, 6.07) is 4.17. The van der Waals surface area contributed by atoms with Crippen LogP contribution in [-0.2, 0) is 4.74 Å². The molecule has 6 heteroatoms. The third-order valence-electron chi connectivity index (χ3n) is 3.85. The largest absolute Gasteiger partial charge is 0.459 e. The smallest absolute Gasteiger partial charge is 0.293 e.